The molecular formula is C22H31N7O8. The predicted octanol–water partition coefficient (Wildman–Crippen LogP) is -1.32. The molecular weight excluding hydrogens is 490 g/mol. The van der Waals surface area contributed by atoms with Gasteiger partial charge in [0.2, 0.25) is 11.7 Å². The number of carbonyl (C=O) groups is 3. The van der Waals surface area contributed by atoms with E-state index in [1.165, 1.54) is 11.2 Å². The van der Waals surface area contributed by atoms with Crippen molar-refractivity contribution in [2.75, 3.05) is 39.1 Å². The largest absolute Gasteiger partial charge is 0.505 e. The quantitative estimate of drug-likeness (QED) is 0.184. The van der Waals surface area contributed by atoms with Crippen LogP contribution in [-0.2, 0) is 14.3 Å². The summed E-state index contributed by atoms with van der Waals surface area (Å²) in [6.45, 7) is 3.03. The van der Waals surface area contributed by atoms with E-state index >= 15 is 0 Å². The first kappa shape index (κ1) is 29.2. The van der Waals surface area contributed by atoms with E-state index in [9.17, 15) is 24.6 Å². The molecule has 2 aromatic heterocycles. The Morgan fingerprint density at radius 2 is 1.92 bits per heavy atom. The maximum atomic E-state index is 12.5. The number of amides is 2. The monoisotopic (exact) mass is 521 g/mol. The molecule has 0 radical (unpaired) electrons. The number of aliphatic hydroxyl groups is 3. The highest BCUT2D eigenvalue weighted by atomic mass is 16.7. The van der Waals surface area contributed by atoms with Crippen LogP contribution in [-0.4, -0.2) is 102 Å². The topological polar surface area (TPSA) is 226 Å². The van der Waals surface area contributed by atoms with E-state index in [0.717, 1.165) is 11.7 Å². The van der Waals surface area contributed by atoms with Crippen LogP contribution in [0.1, 0.15) is 38.2 Å². The first-order valence-electron chi connectivity index (χ1n) is 11.4. The van der Waals surface area contributed by atoms with Gasteiger partial charge in [-0.05, 0) is 31.6 Å². The Morgan fingerprint density at radius 3 is 2.54 bits per heavy atom. The summed E-state index contributed by atoms with van der Waals surface area (Å²) < 4.78 is 5.74. The van der Waals surface area contributed by atoms with E-state index in [4.69, 9.17) is 15.9 Å². The van der Waals surface area contributed by atoms with Gasteiger partial charge in [-0.3, -0.25) is 14.2 Å². The van der Waals surface area contributed by atoms with E-state index < -0.39 is 30.3 Å². The number of hydrogen-bond donors (Lipinski definition) is 6. The van der Waals surface area contributed by atoms with Crippen LogP contribution >= 0.6 is 0 Å². The highest BCUT2D eigenvalue weighted by Gasteiger charge is 2.25. The van der Waals surface area contributed by atoms with Crippen molar-refractivity contribution in [1.29, 1.82) is 0 Å². The van der Waals surface area contributed by atoms with Gasteiger partial charge in [-0.1, -0.05) is 0 Å². The number of hydrogen-bond acceptors (Lipinski definition) is 11. The van der Waals surface area contributed by atoms with E-state index in [-0.39, 0.29) is 41.8 Å². The first-order chi connectivity index (χ1) is 17.7. The number of carboxylic acid groups (broad SMARTS) is 1. The third kappa shape index (κ3) is 8.00. The van der Waals surface area contributed by atoms with Crippen LogP contribution in [0, 0.1) is 17.8 Å². The summed E-state index contributed by atoms with van der Waals surface area (Å²) in [7, 11) is 1.00. The molecule has 0 spiro atoms. The second-order valence-electron chi connectivity index (χ2n) is 7.96. The van der Waals surface area contributed by atoms with Gasteiger partial charge < -0.3 is 41.1 Å². The van der Waals surface area contributed by atoms with Crippen LogP contribution in [0.4, 0.5) is 10.6 Å². The number of nitrogens with one attached hydrogen (secondary N) is 1. The molecule has 0 aromatic carbocycles. The Bertz CT molecular complexity index is 1150. The molecule has 202 valence electrons. The van der Waals surface area contributed by atoms with Crippen molar-refractivity contribution < 1.29 is 39.5 Å². The van der Waals surface area contributed by atoms with Crippen molar-refractivity contribution in [2.45, 2.75) is 38.5 Å². The third-order valence-electron chi connectivity index (χ3n) is 5.47. The number of aliphatic hydroxyl groups excluding tert-OH is 3. The number of anilines is 1. The summed E-state index contributed by atoms with van der Waals surface area (Å²) in [5, 5.41) is 38.9. The molecule has 1 aliphatic heterocycles. The van der Waals surface area contributed by atoms with Crippen molar-refractivity contribution >= 4 is 35.0 Å². The molecule has 2 aromatic rings. The van der Waals surface area contributed by atoms with Gasteiger partial charge >= 0.3 is 6.16 Å². The van der Waals surface area contributed by atoms with Gasteiger partial charge in [0.1, 0.15) is 11.6 Å². The van der Waals surface area contributed by atoms with Crippen LogP contribution in [0.3, 0.4) is 0 Å². The Hall–Kier alpha value is -4.00. The zero-order chi connectivity index (χ0) is 27.5. The van der Waals surface area contributed by atoms with E-state index in [1.54, 1.807) is 6.92 Å². The summed E-state index contributed by atoms with van der Waals surface area (Å²) in [5.41, 5.74) is 6.17. The molecule has 2 unspecified atom stereocenters. The molecule has 1 aliphatic rings. The van der Waals surface area contributed by atoms with Crippen LogP contribution in [0.15, 0.2) is 6.33 Å². The van der Waals surface area contributed by atoms with Gasteiger partial charge in [0.25, 0.3) is 5.91 Å². The molecule has 3 heterocycles. The lowest BCUT2D eigenvalue weighted by molar-refractivity contribution is -0.127. The standard InChI is InChI=1S/C21H27N7O7.CH4O/c1-2-23-15(30)9-13(29)20(32)28-11-24-17-18(22)25-14(26-19(17)28)3-4-16(31)27-7-5-12(6-8-27)10-35-21(33)34;1-2/h11-13,20,29,32H,2,5-10H2,1H3,(H,23,30)(H,33,34)(H2,22,25,26);2H,1H3. The Labute approximate surface area is 212 Å². The van der Waals surface area contributed by atoms with Gasteiger partial charge in [0, 0.05) is 32.7 Å². The Kier molecular flexibility index (Phi) is 11.0. The Balaban J connectivity index is 0.00000235. The minimum atomic E-state index is -1.54. The first-order valence-corrected chi connectivity index (χ1v) is 11.4. The van der Waals surface area contributed by atoms with Crippen molar-refractivity contribution in [1.82, 2.24) is 29.7 Å². The molecule has 0 aliphatic carbocycles. The fourth-order valence-electron chi connectivity index (χ4n) is 3.62. The lowest BCUT2D eigenvalue weighted by Crippen LogP contribution is -2.38. The molecule has 0 saturated carbocycles. The second-order valence-corrected chi connectivity index (χ2v) is 7.96. The molecule has 37 heavy (non-hydrogen) atoms. The predicted molar refractivity (Wildman–Crippen MR) is 129 cm³/mol. The lowest BCUT2D eigenvalue weighted by atomic mass is 9.98. The molecule has 3 rings (SSSR count). The Morgan fingerprint density at radius 1 is 1.24 bits per heavy atom. The van der Waals surface area contributed by atoms with E-state index in [1.807, 2.05) is 0 Å². The highest BCUT2D eigenvalue weighted by Crippen LogP contribution is 2.22. The molecule has 15 nitrogen and oxygen atoms in total. The minimum Gasteiger partial charge on any atom is -0.450 e. The number of nitrogen functional groups attached to an aromatic ring is 1. The van der Waals surface area contributed by atoms with Crippen molar-refractivity contribution in [2.24, 2.45) is 5.92 Å². The SMILES string of the molecule is CCNC(=O)CC(O)C(O)n1cnc2c(N)nc(C#CC(=O)N3CCC(COC(=O)O)CC3)nc21.CO. The van der Waals surface area contributed by atoms with E-state index in [0.29, 0.717) is 32.5 Å². The summed E-state index contributed by atoms with van der Waals surface area (Å²) in [5.74, 6) is 4.08. The van der Waals surface area contributed by atoms with Crippen molar-refractivity contribution in [3.63, 3.8) is 0 Å². The van der Waals surface area contributed by atoms with Crippen LogP contribution in [0.2, 0.25) is 0 Å². The number of nitrogens with zero attached hydrogens (tertiary/aromatic N) is 5. The van der Waals surface area contributed by atoms with E-state index in [2.05, 4.69) is 36.8 Å². The van der Waals surface area contributed by atoms with Gasteiger partial charge in [0.05, 0.1) is 19.4 Å². The summed E-state index contributed by atoms with van der Waals surface area (Å²) in [6, 6.07) is 0. The van der Waals surface area contributed by atoms with Gasteiger partial charge in [-0.15, -0.1) is 0 Å². The number of piperidine rings is 1. The highest BCUT2D eigenvalue weighted by molar-refractivity contribution is 5.94. The zero-order valence-electron chi connectivity index (χ0n) is 20.5. The fourth-order valence-corrected chi connectivity index (χ4v) is 3.62. The number of imidazole rings is 1. The smallest absolute Gasteiger partial charge is 0.450 e. The number of aromatic nitrogens is 4. The molecule has 7 N–H and O–H groups in total. The van der Waals surface area contributed by atoms with Gasteiger partial charge in [0.15, 0.2) is 17.7 Å². The van der Waals surface area contributed by atoms with Crippen LogP contribution in [0.25, 0.3) is 11.2 Å². The number of ether oxygens (including phenoxy) is 1. The maximum Gasteiger partial charge on any atom is 0.505 e. The molecule has 2 atom stereocenters. The third-order valence-corrected chi connectivity index (χ3v) is 5.47. The zero-order valence-corrected chi connectivity index (χ0v) is 20.5. The lowest BCUT2D eigenvalue weighted by Gasteiger charge is -2.30. The van der Waals surface area contributed by atoms with Gasteiger partial charge in [-0.2, -0.15) is 0 Å². The minimum absolute atomic E-state index is 0.0323. The number of nitrogens with two attached hydrogens (primary N) is 1. The van der Waals surface area contributed by atoms with Crippen molar-refractivity contribution in [3.8, 4) is 11.8 Å². The summed E-state index contributed by atoms with van der Waals surface area (Å²) in [4.78, 5) is 48.5. The van der Waals surface area contributed by atoms with Gasteiger partial charge in [-0.25, -0.2) is 19.7 Å². The number of carbonyl (C=O) groups excluding carboxylic acids is 2. The number of fused-ring (bicyclic) bond motifs is 1. The summed E-state index contributed by atoms with van der Waals surface area (Å²) >= 11 is 0. The maximum absolute atomic E-state index is 12.5. The number of likely N-dealkylation sites (tertiary alicyclic amines) is 1. The normalized spacial score (nSPS) is 15.0. The van der Waals surface area contributed by atoms with Crippen molar-refractivity contribution in [3.05, 3.63) is 12.2 Å². The fraction of sp³-hybridized carbons (Fsp3) is 0.545. The molecule has 15 heteroatoms. The molecule has 1 saturated heterocycles. The molecule has 0 bridgehead atoms. The molecule has 2 amide bonds. The van der Waals surface area contributed by atoms with Crippen LogP contribution < -0.4 is 11.1 Å². The number of rotatable bonds is 7. The average Bonchev–Trinajstić information content (AvgIpc) is 3.31. The average molecular weight is 522 g/mol. The molecule has 1 fully saturated rings. The van der Waals surface area contributed by atoms with Crippen LogP contribution in [0.5, 0.6) is 0 Å². The summed E-state index contributed by atoms with van der Waals surface area (Å²) in [6.07, 6.45) is -2.24. The second kappa shape index (κ2) is 13.9.